The lowest BCUT2D eigenvalue weighted by molar-refractivity contribution is 0.102. The van der Waals surface area contributed by atoms with Gasteiger partial charge in [0.05, 0.1) is 5.56 Å². The first-order chi connectivity index (χ1) is 9.63. The highest BCUT2D eigenvalue weighted by Gasteiger charge is 2.27. The molecule has 3 rings (SSSR count). The third kappa shape index (κ3) is 2.77. The van der Waals surface area contributed by atoms with Crippen LogP contribution in [0.4, 0.5) is 10.9 Å². The second-order valence-electron chi connectivity index (χ2n) is 4.97. The molecule has 0 saturated heterocycles. The SMILES string of the molecule is CN(C)c1ccc(C(=O)Nc2nnc(C3CC3)s2)cn1. The molecule has 1 fully saturated rings. The summed E-state index contributed by atoms with van der Waals surface area (Å²) in [5.74, 6) is 1.16. The van der Waals surface area contributed by atoms with E-state index in [-0.39, 0.29) is 5.91 Å². The van der Waals surface area contributed by atoms with Crippen LogP contribution in [0.3, 0.4) is 0 Å². The standard InChI is InChI=1S/C13H15N5OS/c1-18(2)10-6-5-9(7-14-10)11(19)15-13-17-16-12(20-13)8-3-4-8/h5-8H,3-4H2,1-2H3,(H,15,17,19). The van der Waals surface area contributed by atoms with Gasteiger partial charge in [-0.25, -0.2) is 4.98 Å². The van der Waals surface area contributed by atoms with E-state index in [0.29, 0.717) is 16.6 Å². The quantitative estimate of drug-likeness (QED) is 0.933. The van der Waals surface area contributed by atoms with Crippen LogP contribution in [-0.2, 0) is 0 Å². The molecule has 0 atom stereocenters. The highest BCUT2D eigenvalue weighted by Crippen LogP contribution is 2.42. The van der Waals surface area contributed by atoms with E-state index >= 15 is 0 Å². The largest absolute Gasteiger partial charge is 0.363 e. The normalized spacial score (nSPS) is 14.1. The van der Waals surface area contributed by atoms with Crippen LogP contribution in [0.15, 0.2) is 18.3 Å². The second-order valence-corrected chi connectivity index (χ2v) is 5.98. The molecule has 1 aliphatic carbocycles. The molecule has 0 spiro atoms. The van der Waals surface area contributed by atoms with Crippen LogP contribution in [0.25, 0.3) is 0 Å². The summed E-state index contributed by atoms with van der Waals surface area (Å²) in [5, 5.41) is 12.4. The number of aromatic nitrogens is 3. The van der Waals surface area contributed by atoms with Crippen molar-refractivity contribution in [3.8, 4) is 0 Å². The number of carbonyl (C=O) groups excluding carboxylic acids is 1. The number of rotatable bonds is 4. The third-order valence-corrected chi connectivity index (χ3v) is 4.06. The molecule has 2 aromatic heterocycles. The van der Waals surface area contributed by atoms with Gasteiger partial charge in [0.25, 0.3) is 5.91 Å². The van der Waals surface area contributed by atoms with E-state index in [1.807, 2.05) is 25.1 Å². The van der Waals surface area contributed by atoms with Crippen molar-refractivity contribution in [2.75, 3.05) is 24.3 Å². The molecular weight excluding hydrogens is 274 g/mol. The minimum atomic E-state index is -0.207. The first-order valence-electron chi connectivity index (χ1n) is 6.41. The van der Waals surface area contributed by atoms with Gasteiger partial charge >= 0.3 is 0 Å². The molecule has 1 N–H and O–H groups in total. The predicted octanol–water partition coefficient (Wildman–Crippen LogP) is 2.13. The lowest BCUT2D eigenvalue weighted by Gasteiger charge is -2.10. The van der Waals surface area contributed by atoms with Crippen molar-refractivity contribution in [1.82, 2.24) is 15.2 Å². The fourth-order valence-electron chi connectivity index (χ4n) is 1.73. The van der Waals surface area contributed by atoms with E-state index in [9.17, 15) is 4.79 Å². The van der Waals surface area contributed by atoms with Crippen molar-refractivity contribution in [1.29, 1.82) is 0 Å². The molecular formula is C13H15N5OS. The average molecular weight is 289 g/mol. The Kier molecular flexibility index (Phi) is 3.35. The minimum absolute atomic E-state index is 0.207. The Hall–Kier alpha value is -2.02. The van der Waals surface area contributed by atoms with Crippen molar-refractivity contribution < 1.29 is 4.79 Å². The summed E-state index contributed by atoms with van der Waals surface area (Å²) in [4.78, 5) is 18.2. The maximum absolute atomic E-state index is 12.1. The van der Waals surface area contributed by atoms with Gasteiger partial charge in [-0.2, -0.15) is 0 Å². The first kappa shape index (κ1) is 13.0. The summed E-state index contributed by atoms with van der Waals surface area (Å²) in [6.07, 6.45) is 3.92. The fourth-order valence-corrected chi connectivity index (χ4v) is 2.64. The molecule has 0 aliphatic heterocycles. The van der Waals surface area contributed by atoms with Crippen molar-refractivity contribution in [2.45, 2.75) is 18.8 Å². The van der Waals surface area contributed by atoms with Gasteiger partial charge in [0.2, 0.25) is 5.13 Å². The number of nitrogens with zero attached hydrogens (tertiary/aromatic N) is 4. The second kappa shape index (κ2) is 5.16. The lowest BCUT2D eigenvalue weighted by Crippen LogP contribution is -2.14. The van der Waals surface area contributed by atoms with Gasteiger partial charge in [-0.05, 0) is 25.0 Å². The van der Waals surface area contributed by atoms with Crippen LogP contribution in [0, 0.1) is 0 Å². The Morgan fingerprint density at radius 1 is 1.35 bits per heavy atom. The van der Waals surface area contributed by atoms with Crippen LogP contribution < -0.4 is 10.2 Å². The zero-order valence-electron chi connectivity index (χ0n) is 11.3. The van der Waals surface area contributed by atoms with Crippen LogP contribution in [0.1, 0.15) is 34.1 Å². The lowest BCUT2D eigenvalue weighted by atomic mass is 10.2. The first-order valence-corrected chi connectivity index (χ1v) is 7.23. The van der Waals surface area contributed by atoms with Gasteiger partial charge in [-0.15, -0.1) is 10.2 Å². The van der Waals surface area contributed by atoms with Crippen molar-refractivity contribution in [2.24, 2.45) is 0 Å². The fraction of sp³-hybridized carbons (Fsp3) is 0.385. The summed E-state index contributed by atoms with van der Waals surface area (Å²) < 4.78 is 0. The van der Waals surface area contributed by atoms with Crippen LogP contribution in [0.5, 0.6) is 0 Å². The van der Waals surface area contributed by atoms with E-state index in [0.717, 1.165) is 10.8 Å². The highest BCUT2D eigenvalue weighted by atomic mass is 32.1. The smallest absolute Gasteiger partial charge is 0.259 e. The van der Waals surface area contributed by atoms with Gasteiger partial charge in [0, 0.05) is 26.2 Å². The van der Waals surface area contributed by atoms with Crippen LogP contribution >= 0.6 is 11.3 Å². The molecule has 2 heterocycles. The number of amides is 1. The molecule has 0 bridgehead atoms. The molecule has 7 heteroatoms. The number of hydrogen-bond acceptors (Lipinski definition) is 6. The Bertz CT molecular complexity index is 618. The molecule has 1 saturated carbocycles. The number of nitrogens with one attached hydrogen (secondary N) is 1. The van der Waals surface area contributed by atoms with Gasteiger partial charge in [-0.1, -0.05) is 11.3 Å². The van der Waals surface area contributed by atoms with E-state index in [2.05, 4.69) is 20.5 Å². The van der Waals surface area contributed by atoms with Crippen LogP contribution in [0.2, 0.25) is 0 Å². The summed E-state index contributed by atoms with van der Waals surface area (Å²) in [6.45, 7) is 0. The van der Waals surface area contributed by atoms with Crippen molar-refractivity contribution >= 4 is 28.2 Å². The Labute approximate surface area is 120 Å². The minimum Gasteiger partial charge on any atom is -0.363 e. The van der Waals surface area contributed by atoms with Crippen molar-refractivity contribution in [3.63, 3.8) is 0 Å². The zero-order chi connectivity index (χ0) is 14.1. The van der Waals surface area contributed by atoms with Gasteiger partial charge in [0.1, 0.15) is 10.8 Å². The topological polar surface area (TPSA) is 71.0 Å². The molecule has 0 radical (unpaired) electrons. The Balaban J connectivity index is 1.68. The van der Waals surface area contributed by atoms with E-state index in [1.165, 1.54) is 24.2 Å². The Morgan fingerprint density at radius 2 is 2.15 bits per heavy atom. The monoisotopic (exact) mass is 289 g/mol. The van der Waals surface area contributed by atoms with Gasteiger partial charge in [-0.3, -0.25) is 10.1 Å². The predicted molar refractivity (Wildman–Crippen MR) is 78.4 cm³/mol. The molecule has 20 heavy (non-hydrogen) atoms. The summed E-state index contributed by atoms with van der Waals surface area (Å²) in [7, 11) is 3.81. The maximum Gasteiger partial charge on any atom is 0.259 e. The number of carbonyl (C=O) groups is 1. The average Bonchev–Trinajstić information content (AvgIpc) is 3.20. The third-order valence-electron chi connectivity index (χ3n) is 3.06. The van der Waals surface area contributed by atoms with Gasteiger partial charge < -0.3 is 4.90 Å². The summed E-state index contributed by atoms with van der Waals surface area (Å²) in [5.41, 5.74) is 0.513. The molecule has 1 amide bonds. The molecule has 2 aromatic rings. The molecule has 1 aliphatic rings. The molecule has 0 unspecified atom stereocenters. The number of hydrogen-bond donors (Lipinski definition) is 1. The molecule has 6 nitrogen and oxygen atoms in total. The van der Waals surface area contributed by atoms with E-state index in [1.54, 1.807) is 12.3 Å². The van der Waals surface area contributed by atoms with Crippen molar-refractivity contribution in [3.05, 3.63) is 28.9 Å². The number of anilines is 2. The van der Waals surface area contributed by atoms with Gasteiger partial charge in [0.15, 0.2) is 0 Å². The highest BCUT2D eigenvalue weighted by molar-refractivity contribution is 7.15. The zero-order valence-corrected chi connectivity index (χ0v) is 12.1. The number of pyridine rings is 1. The van der Waals surface area contributed by atoms with E-state index in [4.69, 9.17) is 0 Å². The maximum atomic E-state index is 12.1. The Morgan fingerprint density at radius 3 is 2.75 bits per heavy atom. The molecule has 104 valence electrons. The molecule has 0 aromatic carbocycles. The summed E-state index contributed by atoms with van der Waals surface area (Å²) >= 11 is 1.45. The van der Waals surface area contributed by atoms with E-state index < -0.39 is 0 Å². The van der Waals surface area contributed by atoms with Crippen LogP contribution in [-0.4, -0.2) is 35.2 Å². The summed E-state index contributed by atoms with van der Waals surface area (Å²) in [6, 6.07) is 3.56.